The molecule has 0 aliphatic carbocycles. The molecule has 4 aromatic rings. The van der Waals surface area contributed by atoms with Gasteiger partial charge in [-0.25, -0.2) is 9.78 Å². The van der Waals surface area contributed by atoms with E-state index in [0.717, 1.165) is 0 Å². The third-order valence-electron chi connectivity index (χ3n) is 7.81. The lowest BCUT2D eigenvalue weighted by Crippen LogP contribution is -2.63. The van der Waals surface area contributed by atoms with Crippen LogP contribution in [-0.4, -0.2) is 64.2 Å². The molecule has 3 aromatic heterocycles. The minimum Gasteiger partial charge on any atom is -0.456 e. The molecule has 1 fully saturated rings. The number of nitro groups is 1. The summed E-state index contributed by atoms with van der Waals surface area (Å²) in [5, 5.41) is 30.7. The monoisotopic (exact) mass is 603 g/mol. The van der Waals surface area contributed by atoms with Crippen molar-refractivity contribution in [3.8, 4) is 0 Å². The minimum absolute atomic E-state index is 0.0616. The van der Waals surface area contributed by atoms with Crippen LogP contribution in [0.25, 0.3) is 10.4 Å². The number of aliphatic hydroxyl groups is 2. The zero-order valence-corrected chi connectivity index (χ0v) is 23.7. The van der Waals surface area contributed by atoms with Crippen LogP contribution in [0.2, 0.25) is 0 Å². The smallest absolute Gasteiger partial charge is 0.355 e. The van der Waals surface area contributed by atoms with E-state index in [0.29, 0.717) is 26.4 Å². The number of aromatic nitrogens is 3. The van der Waals surface area contributed by atoms with E-state index in [9.17, 15) is 34.7 Å². The van der Waals surface area contributed by atoms with Crippen molar-refractivity contribution < 1.29 is 34.3 Å². The first-order chi connectivity index (χ1) is 20.6. The van der Waals surface area contributed by atoms with Gasteiger partial charge in [-0.3, -0.25) is 29.1 Å². The van der Waals surface area contributed by atoms with E-state index in [1.807, 2.05) is 6.92 Å². The quantitative estimate of drug-likeness (QED) is 0.0950. The number of carbonyl (C=O) groups is 3. The molecule has 0 unspecified atom stereocenters. The van der Waals surface area contributed by atoms with Crippen LogP contribution in [0.3, 0.4) is 0 Å². The van der Waals surface area contributed by atoms with Gasteiger partial charge < -0.3 is 19.8 Å². The van der Waals surface area contributed by atoms with Crippen molar-refractivity contribution in [3.05, 3.63) is 98.3 Å². The number of nitrogens with zero attached hydrogens (tertiary/aromatic N) is 5. The van der Waals surface area contributed by atoms with Crippen LogP contribution < -0.4 is 0 Å². The van der Waals surface area contributed by atoms with Crippen molar-refractivity contribution in [2.24, 2.45) is 11.8 Å². The van der Waals surface area contributed by atoms with Crippen molar-refractivity contribution >= 4 is 45.1 Å². The fourth-order valence-corrected chi connectivity index (χ4v) is 6.94. The Hall–Kier alpha value is -4.79. The topological polar surface area (TPSA) is 177 Å². The Bertz CT molecular complexity index is 1830. The van der Waals surface area contributed by atoms with Gasteiger partial charge in [0.2, 0.25) is 11.7 Å². The standard InChI is InChI=1S/C29H25N5O8S/c1-14-21(20-10-32-13-31-23(28(32)43-20)26(37)18-7-17(11-35)8-30-9-18)25(33-24(14)22(15(2)36)27(33)38)29(39)42-12-16-3-5-19(6-4-16)34(40)41/h3-10,13-15,22,24,35-36H,11-12H2,1-2H3/t14-,15+,22+,24+/m0/s1. The Morgan fingerprint density at radius 1 is 1.21 bits per heavy atom. The van der Waals surface area contributed by atoms with Crippen LogP contribution in [0.1, 0.15) is 45.9 Å². The molecule has 43 heavy (non-hydrogen) atoms. The number of benzene rings is 1. The number of hydrogen-bond donors (Lipinski definition) is 2. The maximum Gasteiger partial charge on any atom is 0.355 e. The van der Waals surface area contributed by atoms with Crippen LogP contribution in [0, 0.1) is 22.0 Å². The number of pyridine rings is 1. The van der Waals surface area contributed by atoms with Gasteiger partial charge in [0.15, 0.2) is 0 Å². The molecule has 4 atom stereocenters. The number of non-ortho nitro benzene ring substituents is 1. The molecule has 1 aromatic carbocycles. The lowest BCUT2D eigenvalue weighted by molar-refractivity contribution is -0.384. The number of imidazole rings is 1. The Morgan fingerprint density at radius 2 is 1.95 bits per heavy atom. The Morgan fingerprint density at radius 3 is 2.63 bits per heavy atom. The minimum atomic E-state index is -0.927. The SMILES string of the molecule is C[C@@H](O)[C@H]1C(=O)N2C(C(=O)OCc3ccc([N+](=O)[O-])cc3)=C(c3cn4cnc(C(=O)c5cncc(CO)c5)c4s3)[C@H](C)[C@H]12. The van der Waals surface area contributed by atoms with Gasteiger partial charge in [0.05, 0.1) is 34.5 Å². The number of rotatable bonds is 9. The van der Waals surface area contributed by atoms with Gasteiger partial charge in [-0.2, -0.15) is 0 Å². The van der Waals surface area contributed by atoms with Gasteiger partial charge in [0, 0.05) is 47.8 Å². The predicted octanol–water partition coefficient (Wildman–Crippen LogP) is 2.73. The van der Waals surface area contributed by atoms with E-state index in [-0.39, 0.29) is 53.5 Å². The molecule has 0 saturated carbocycles. The molecule has 0 radical (unpaired) electrons. The van der Waals surface area contributed by atoms with Crippen LogP contribution >= 0.6 is 11.3 Å². The number of nitro benzene ring substituents is 1. The molecule has 0 spiro atoms. The first-order valence-electron chi connectivity index (χ1n) is 13.3. The Labute approximate surface area is 247 Å². The highest BCUT2D eigenvalue weighted by Gasteiger charge is 2.60. The number of hydrogen-bond acceptors (Lipinski definition) is 11. The zero-order chi connectivity index (χ0) is 30.6. The first-order valence-corrected chi connectivity index (χ1v) is 14.1. The number of β-lactam (4-membered cyclic amide) rings is 1. The maximum absolute atomic E-state index is 13.6. The molecule has 2 N–H and O–H groups in total. The second kappa shape index (κ2) is 10.8. The molecule has 13 nitrogen and oxygen atoms in total. The number of esters is 1. The summed E-state index contributed by atoms with van der Waals surface area (Å²) in [6.07, 6.45) is 5.15. The van der Waals surface area contributed by atoms with Crippen molar-refractivity contribution in [2.45, 2.75) is 39.2 Å². The number of ketones is 1. The number of fused-ring (bicyclic) bond motifs is 2. The second-order valence-electron chi connectivity index (χ2n) is 10.5. The van der Waals surface area contributed by atoms with Crippen molar-refractivity contribution in [1.29, 1.82) is 0 Å². The fraction of sp³-hybridized carbons (Fsp3) is 0.276. The lowest BCUT2D eigenvalue weighted by atomic mass is 9.77. The van der Waals surface area contributed by atoms with E-state index < -0.39 is 29.0 Å². The lowest BCUT2D eigenvalue weighted by Gasteiger charge is -2.46. The average molecular weight is 604 g/mol. The summed E-state index contributed by atoms with van der Waals surface area (Å²) in [5.41, 5.74) is 1.96. The summed E-state index contributed by atoms with van der Waals surface area (Å²) in [5.74, 6) is -2.56. The van der Waals surface area contributed by atoms with E-state index in [1.54, 1.807) is 16.7 Å². The Kier molecular flexibility index (Phi) is 7.12. The summed E-state index contributed by atoms with van der Waals surface area (Å²) in [6, 6.07) is 6.67. The molecular weight excluding hydrogens is 578 g/mol. The fourth-order valence-electron chi connectivity index (χ4n) is 5.73. The summed E-state index contributed by atoms with van der Waals surface area (Å²) in [6.45, 7) is 2.96. The molecular formula is C29H25N5O8S. The zero-order valence-electron chi connectivity index (χ0n) is 22.9. The van der Waals surface area contributed by atoms with Crippen molar-refractivity contribution in [1.82, 2.24) is 19.3 Å². The maximum atomic E-state index is 13.6. The molecule has 6 rings (SSSR count). The highest BCUT2D eigenvalue weighted by molar-refractivity contribution is 7.18. The molecule has 5 heterocycles. The van der Waals surface area contributed by atoms with E-state index in [1.165, 1.54) is 66.1 Å². The van der Waals surface area contributed by atoms with Crippen LogP contribution in [0.4, 0.5) is 5.69 Å². The molecule has 220 valence electrons. The number of aliphatic hydroxyl groups excluding tert-OH is 2. The third-order valence-corrected chi connectivity index (χ3v) is 8.96. The van der Waals surface area contributed by atoms with Crippen molar-refractivity contribution in [2.75, 3.05) is 0 Å². The molecule has 2 aliphatic rings. The summed E-state index contributed by atoms with van der Waals surface area (Å²) >= 11 is 1.23. The number of ether oxygens (including phenoxy) is 1. The van der Waals surface area contributed by atoms with Crippen molar-refractivity contribution in [3.63, 3.8) is 0 Å². The molecule has 1 saturated heterocycles. The van der Waals surface area contributed by atoms with Gasteiger partial charge >= 0.3 is 5.97 Å². The first kappa shape index (κ1) is 28.3. The molecule has 1 amide bonds. The van der Waals surface area contributed by atoms with Gasteiger partial charge in [0.25, 0.3) is 5.69 Å². The number of thiazole rings is 1. The normalized spacial score (nSPS) is 20.2. The highest BCUT2D eigenvalue weighted by Crippen LogP contribution is 2.52. The second-order valence-corrected chi connectivity index (χ2v) is 11.5. The Balaban J connectivity index is 1.36. The summed E-state index contributed by atoms with van der Waals surface area (Å²) < 4.78 is 7.25. The average Bonchev–Trinajstić information content (AvgIpc) is 3.65. The highest BCUT2D eigenvalue weighted by atomic mass is 32.1. The predicted molar refractivity (Wildman–Crippen MR) is 151 cm³/mol. The van der Waals surface area contributed by atoms with Gasteiger partial charge in [-0.1, -0.05) is 6.92 Å². The molecule has 14 heteroatoms. The van der Waals surface area contributed by atoms with Crippen LogP contribution in [-0.2, 0) is 27.5 Å². The number of carbonyl (C=O) groups excluding carboxylic acids is 3. The van der Waals surface area contributed by atoms with E-state index in [2.05, 4.69) is 9.97 Å². The summed E-state index contributed by atoms with van der Waals surface area (Å²) in [4.78, 5) is 61.3. The van der Waals surface area contributed by atoms with E-state index >= 15 is 0 Å². The van der Waals surface area contributed by atoms with Gasteiger partial charge in [-0.15, -0.1) is 11.3 Å². The summed E-state index contributed by atoms with van der Waals surface area (Å²) in [7, 11) is 0. The van der Waals surface area contributed by atoms with Crippen LogP contribution in [0.15, 0.2) is 60.9 Å². The van der Waals surface area contributed by atoms with Crippen LogP contribution in [0.5, 0.6) is 0 Å². The number of amides is 1. The van der Waals surface area contributed by atoms with Gasteiger partial charge in [0.1, 0.15) is 29.2 Å². The molecule has 0 bridgehead atoms. The van der Waals surface area contributed by atoms with E-state index in [4.69, 9.17) is 4.74 Å². The third kappa shape index (κ3) is 4.69. The largest absolute Gasteiger partial charge is 0.456 e. The van der Waals surface area contributed by atoms with Gasteiger partial charge in [-0.05, 0) is 36.2 Å². The molecule has 2 aliphatic heterocycles.